The van der Waals surface area contributed by atoms with E-state index in [9.17, 15) is 19.8 Å². The highest BCUT2D eigenvalue weighted by Crippen LogP contribution is 2.38. The minimum Gasteiger partial charge on any atom is -0.458 e. The second-order valence-electron chi connectivity index (χ2n) is 6.81. The molecule has 4 atom stereocenters. The standard InChI is InChI=1S/C20H26O7/c1-11-6-4-5-7-14(9-21)18-17(13(3)20(25)27-18)16(8-11)26-19(24)12(2)15(23)10-22/h6-7,15-18,21-23H,2-5,8-10H2,1H3. The SMILES string of the molecule is C=C(C(=O)OC1CC(C)=CCCC=C(CO)C2OC(=O)C(=C)C12)C(O)CO. The fraction of sp³-hybridized carbons (Fsp3) is 0.500. The summed E-state index contributed by atoms with van der Waals surface area (Å²) in [7, 11) is 0. The molecule has 1 aliphatic heterocycles. The van der Waals surface area contributed by atoms with Crippen LogP contribution in [0.4, 0.5) is 0 Å². The van der Waals surface area contributed by atoms with Crippen LogP contribution in [0, 0.1) is 5.92 Å². The first-order valence-corrected chi connectivity index (χ1v) is 8.84. The van der Waals surface area contributed by atoms with Gasteiger partial charge in [-0.3, -0.25) is 0 Å². The van der Waals surface area contributed by atoms with Crippen molar-refractivity contribution in [1.29, 1.82) is 0 Å². The van der Waals surface area contributed by atoms with Crippen LogP contribution in [0.3, 0.4) is 0 Å². The maximum atomic E-state index is 12.4. The molecule has 0 amide bonds. The van der Waals surface area contributed by atoms with Gasteiger partial charge in [-0.15, -0.1) is 0 Å². The van der Waals surface area contributed by atoms with Gasteiger partial charge < -0.3 is 24.8 Å². The van der Waals surface area contributed by atoms with Crippen molar-refractivity contribution >= 4 is 11.9 Å². The van der Waals surface area contributed by atoms with E-state index in [0.29, 0.717) is 18.4 Å². The van der Waals surface area contributed by atoms with E-state index in [1.54, 1.807) is 0 Å². The van der Waals surface area contributed by atoms with Crippen molar-refractivity contribution in [1.82, 2.24) is 0 Å². The van der Waals surface area contributed by atoms with Gasteiger partial charge in [0.25, 0.3) is 0 Å². The van der Waals surface area contributed by atoms with Gasteiger partial charge in [0.2, 0.25) is 0 Å². The lowest BCUT2D eigenvalue weighted by molar-refractivity contribution is -0.148. The smallest absolute Gasteiger partial charge is 0.336 e. The first kappa shape index (κ1) is 21.1. The summed E-state index contributed by atoms with van der Waals surface area (Å²) in [6.07, 6.45) is 2.59. The van der Waals surface area contributed by atoms with Crippen LogP contribution in [-0.4, -0.2) is 58.8 Å². The van der Waals surface area contributed by atoms with E-state index in [-0.39, 0.29) is 17.8 Å². The Kier molecular flexibility index (Phi) is 7.12. The molecule has 0 radical (unpaired) electrons. The number of ether oxygens (including phenoxy) is 2. The van der Waals surface area contributed by atoms with E-state index in [0.717, 1.165) is 12.0 Å². The predicted molar refractivity (Wildman–Crippen MR) is 97.4 cm³/mol. The number of esters is 2. The number of aliphatic hydroxyl groups is 3. The van der Waals surface area contributed by atoms with Crippen molar-refractivity contribution < 1.29 is 34.4 Å². The van der Waals surface area contributed by atoms with Crippen molar-refractivity contribution in [2.45, 2.75) is 44.5 Å². The van der Waals surface area contributed by atoms with Crippen molar-refractivity contribution in [3.8, 4) is 0 Å². The molecule has 0 spiro atoms. The van der Waals surface area contributed by atoms with Crippen LogP contribution in [0.2, 0.25) is 0 Å². The Balaban J connectivity index is 2.38. The number of rotatable bonds is 5. The molecule has 0 aromatic heterocycles. The number of carbonyl (C=O) groups is 2. The summed E-state index contributed by atoms with van der Waals surface area (Å²) in [5.41, 5.74) is 1.39. The van der Waals surface area contributed by atoms with Crippen LogP contribution in [0.1, 0.15) is 26.2 Å². The maximum Gasteiger partial charge on any atom is 0.336 e. The Morgan fingerprint density at radius 1 is 1.37 bits per heavy atom. The molecule has 1 aliphatic carbocycles. The summed E-state index contributed by atoms with van der Waals surface area (Å²) < 4.78 is 11.0. The summed E-state index contributed by atoms with van der Waals surface area (Å²) in [4.78, 5) is 24.5. The third kappa shape index (κ3) is 4.74. The highest BCUT2D eigenvalue weighted by atomic mass is 16.6. The van der Waals surface area contributed by atoms with Gasteiger partial charge in [-0.25, -0.2) is 9.59 Å². The number of fused-ring (bicyclic) bond motifs is 1. The van der Waals surface area contributed by atoms with Gasteiger partial charge in [0.05, 0.1) is 24.7 Å². The molecule has 0 saturated carbocycles. The molecular weight excluding hydrogens is 352 g/mol. The number of hydrogen-bond donors (Lipinski definition) is 3. The van der Waals surface area contributed by atoms with Gasteiger partial charge in [-0.05, 0) is 25.3 Å². The van der Waals surface area contributed by atoms with Crippen LogP contribution in [-0.2, 0) is 19.1 Å². The Morgan fingerprint density at radius 2 is 2.04 bits per heavy atom. The first-order chi connectivity index (χ1) is 12.8. The van der Waals surface area contributed by atoms with Gasteiger partial charge in [0, 0.05) is 12.0 Å². The molecule has 1 heterocycles. The summed E-state index contributed by atoms with van der Waals surface area (Å²) in [5, 5.41) is 28.3. The second kappa shape index (κ2) is 9.12. The lowest BCUT2D eigenvalue weighted by Gasteiger charge is -2.29. The molecule has 7 heteroatoms. The molecule has 1 fully saturated rings. The molecule has 0 aromatic carbocycles. The number of carbonyl (C=O) groups excluding carboxylic acids is 2. The van der Waals surface area contributed by atoms with E-state index in [1.807, 2.05) is 19.1 Å². The highest BCUT2D eigenvalue weighted by molar-refractivity contribution is 5.92. The summed E-state index contributed by atoms with van der Waals surface area (Å²) in [6.45, 7) is 8.20. The Bertz CT molecular complexity index is 688. The van der Waals surface area contributed by atoms with Crippen LogP contribution in [0.25, 0.3) is 0 Å². The number of aliphatic hydroxyl groups excluding tert-OH is 3. The summed E-state index contributed by atoms with van der Waals surface area (Å²) in [5.74, 6) is -2.13. The van der Waals surface area contributed by atoms with E-state index < -0.39 is 42.8 Å². The van der Waals surface area contributed by atoms with Gasteiger partial charge in [-0.2, -0.15) is 0 Å². The Labute approximate surface area is 158 Å². The monoisotopic (exact) mass is 378 g/mol. The molecule has 2 rings (SSSR count). The summed E-state index contributed by atoms with van der Waals surface area (Å²) >= 11 is 0. The van der Waals surface area contributed by atoms with Crippen LogP contribution < -0.4 is 0 Å². The number of allylic oxidation sites excluding steroid dienone is 2. The molecule has 0 aromatic rings. The van der Waals surface area contributed by atoms with Gasteiger partial charge >= 0.3 is 11.9 Å². The van der Waals surface area contributed by atoms with E-state index >= 15 is 0 Å². The van der Waals surface area contributed by atoms with Crippen molar-refractivity contribution in [3.05, 3.63) is 47.6 Å². The van der Waals surface area contributed by atoms with Gasteiger partial charge in [0.1, 0.15) is 18.3 Å². The van der Waals surface area contributed by atoms with E-state index in [4.69, 9.17) is 14.6 Å². The topological polar surface area (TPSA) is 113 Å². The predicted octanol–water partition coefficient (Wildman–Crippen LogP) is 0.954. The average Bonchev–Trinajstić information content (AvgIpc) is 2.94. The quantitative estimate of drug-likeness (QED) is 0.371. The molecule has 7 nitrogen and oxygen atoms in total. The molecular formula is C20H26O7. The van der Waals surface area contributed by atoms with Crippen LogP contribution in [0.5, 0.6) is 0 Å². The molecule has 3 N–H and O–H groups in total. The lowest BCUT2D eigenvalue weighted by atomic mass is 9.83. The molecule has 1 saturated heterocycles. The minimum absolute atomic E-state index is 0.166. The van der Waals surface area contributed by atoms with Crippen molar-refractivity contribution in [3.63, 3.8) is 0 Å². The Morgan fingerprint density at radius 3 is 2.67 bits per heavy atom. The molecule has 2 aliphatic rings. The summed E-state index contributed by atoms with van der Waals surface area (Å²) in [6, 6.07) is 0. The van der Waals surface area contributed by atoms with Crippen molar-refractivity contribution in [2.75, 3.05) is 13.2 Å². The maximum absolute atomic E-state index is 12.4. The molecule has 4 unspecified atom stereocenters. The highest BCUT2D eigenvalue weighted by Gasteiger charge is 2.46. The fourth-order valence-corrected chi connectivity index (χ4v) is 3.28. The normalized spacial score (nSPS) is 27.0. The first-order valence-electron chi connectivity index (χ1n) is 8.84. The van der Waals surface area contributed by atoms with Crippen LogP contribution >= 0.6 is 0 Å². The largest absolute Gasteiger partial charge is 0.458 e. The lowest BCUT2D eigenvalue weighted by Crippen LogP contribution is -2.37. The molecule has 27 heavy (non-hydrogen) atoms. The number of hydrogen-bond acceptors (Lipinski definition) is 7. The van der Waals surface area contributed by atoms with E-state index in [1.165, 1.54) is 0 Å². The van der Waals surface area contributed by atoms with Crippen LogP contribution in [0.15, 0.2) is 47.6 Å². The average molecular weight is 378 g/mol. The van der Waals surface area contributed by atoms with Gasteiger partial charge in [-0.1, -0.05) is 30.9 Å². The molecule has 0 bridgehead atoms. The minimum atomic E-state index is -1.43. The Hall–Kier alpha value is -2.22. The third-order valence-electron chi connectivity index (χ3n) is 4.86. The zero-order valence-electron chi connectivity index (χ0n) is 15.4. The zero-order valence-corrected chi connectivity index (χ0v) is 15.4. The zero-order chi connectivity index (χ0) is 20.1. The second-order valence-corrected chi connectivity index (χ2v) is 6.81. The van der Waals surface area contributed by atoms with Crippen molar-refractivity contribution in [2.24, 2.45) is 5.92 Å². The third-order valence-corrected chi connectivity index (χ3v) is 4.86. The van der Waals surface area contributed by atoms with E-state index in [2.05, 4.69) is 13.2 Å². The van der Waals surface area contributed by atoms with Gasteiger partial charge in [0.15, 0.2) is 0 Å². The molecule has 148 valence electrons. The fourth-order valence-electron chi connectivity index (χ4n) is 3.28.